The molecule has 19 heavy (non-hydrogen) atoms. The molecule has 0 saturated carbocycles. The summed E-state index contributed by atoms with van der Waals surface area (Å²) < 4.78 is 26.3. The monoisotopic (exact) mass is 283 g/mol. The summed E-state index contributed by atoms with van der Waals surface area (Å²) in [6.07, 6.45) is -1.01. The molecule has 2 rings (SSSR count). The maximum Gasteiger partial charge on any atom is 0.129 e. The molecule has 0 amide bonds. The van der Waals surface area contributed by atoms with Crippen molar-refractivity contribution in [3.63, 3.8) is 0 Å². The minimum absolute atomic E-state index is 0.0757. The molecule has 0 radical (unpaired) electrons. The van der Waals surface area contributed by atoms with Crippen LogP contribution in [0.25, 0.3) is 0 Å². The molecule has 0 bridgehead atoms. The Morgan fingerprint density at radius 3 is 2.58 bits per heavy atom. The summed E-state index contributed by atoms with van der Waals surface area (Å²) in [6, 6.07) is 9.87. The van der Waals surface area contributed by atoms with E-state index in [2.05, 4.69) is 5.32 Å². The summed E-state index contributed by atoms with van der Waals surface area (Å²) in [5.41, 5.74) is 0.687. The lowest BCUT2D eigenvalue weighted by Crippen LogP contribution is -2.13. The van der Waals surface area contributed by atoms with Crippen molar-refractivity contribution in [3.8, 4) is 0 Å². The van der Waals surface area contributed by atoms with E-state index in [0.29, 0.717) is 5.69 Å². The highest BCUT2D eigenvalue weighted by Crippen LogP contribution is 2.24. The Labute approximate surface area is 114 Å². The van der Waals surface area contributed by atoms with Gasteiger partial charge in [-0.1, -0.05) is 29.8 Å². The first kappa shape index (κ1) is 13.8. The van der Waals surface area contributed by atoms with E-state index in [1.54, 1.807) is 12.1 Å². The largest absolute Gasteiger partial charge is 0.386 e. The fraction of sp³-hybridized carbons (Fsp3) is 0.143. The van der Waals surface area contributed by atoms with E-state index < -0.39 is 17.7 Å². The second kappa shape index (κ2) is 5.99. The molecule has 2 aromatic carbocycles. The number of hydrogen-bond donors (Lipinski definition) is 2. The first-order chi connectivity index (χ1) is 9.08. The SMILES string of the molecule is OC(CNc1ccc(F)cc1Cl)c1ccccc1F. The summed E-state index contributed by atoms with van der Waals surface area (Å²) >= 11 is 5.83. The van der Waals surface area contributed by atoms with Gasteiger partial charge in [0.25, 0.3) is 0 Å². The Kier molecular flexibility index (Phi) is 4.35. The fourth-order valence-corrected chi connectivity index (χ4v) is 1.93. The van der Waals surface area contributed by atoms with E-state index in [0.717, 1.165) is 0 Å². The third-order valence-corrected chi connectivity index (χ3v) is 2.99. The molecule has 0 heterocycles. The number of aliphatic hydroxyl groups excluding tert-OH is 1. The van der Waals surface area contributed by atoms with Crippen molar-refractivity contribution in [1.29, 1.82) is 0 Å². The molecule has 2 nitrogen and oxygen atoms in total. The third kappa shape index (κ3) is 3.43. The van der Waals surface area contributed by atoms with Gasteiger partial charge in [-0.25, -0.2) is 8.78 Å². The topological polar surface area (TPSA) is 32.3 Å². The van der Waals surface area contributed by atoms with E-state index in [9.17, 15) is 13.9 Å². The molecular weight excluding hydrogens is 272 g/mol. The van der Waals surface area contributed by atoms with Crippen molar-refractivity contribution in [2.24, 2.45) is 0 Å². The van der Waals surface area contributed by atoms with Crippen molar-refractivity contribution in [3.05, 3.63) is 64.7 Å². The van der Waals surface area contributed by atoms with Crippen molar-refractivity contribution >= 4 is 17.3 Å². The number of nitrogens with one attached hydrogen (secondary N) is 1. The van der Waals surface area contributed by atoms with E-state index in [1.165, 1.54) is 30.3 Å². The predicted octanol–water partition coefficient (Wildman–Crippen LogP) is 3.76. The van der Waals surface area contributed by atoms with Crippen LogP contribution < -0.4 is 5.32 Å². The molecule has 5 heteroatoms. The highest BCUT2D eigenvalue weighted by molar-refractivity contribution is 6.33. The quantitative estimate of drug-likeness (QED) is 0.895. The lowest BCUT2D eigenvalue weighted by molar-refractivity contribution is 0.186. The number of hydrogen-bond acceptors (Lipinski definition) is 2. The Hall–Kier alpha value is -1.65. The van der Waals surface area contributed by atoms with Gasteiger partial charge in [0.05, 0.1) is 16.8 Å². The number of aliphatic hydroxyl groups is 1. The van der Waals surface area contributed by atoms with Crippen LogP contribution in [0.4, 0.5) is 14.5 Å². The summed E-state index contributed by atoms with van der Waals surface area (Å²) in [7, 11) is 0. The van der Waals surface area contributed by atoms with Crippen LogP contribution in [0, 0.1) is 11.6 Å². The van der Waals surface area contributed by atoms with Crippen molar-refractivity contribution < 1.29 is 13.9 Å². The summed E-state index contributed by atoms with van der Waals surface area (Å²) in [4.78, 5) is 0. The summed E-state index contributed by atoms with van der Waals surface area (Å²) in [5, 5.41) is 12.9. The second-order valence-electron chi connectivity index (χ2n) is 4.04. The van der Waals surface area contributed by atoms with E-state index in [1.807, 2.05) is 0 Å². The Morgan fingerprint density at radius 2 is 1.89 bits per heavy atom. The van der Waals surface area contributed by atoms with Gasteiger partial charge in [-0.05, 0) is 24.3 Å². The van der Waals surface area contributed by atoms with Gasteiger partial charge in [0.2, 0.25) is 0 Å². The molecular formula is C14H12ClF2NO. The van der Waals surface area contributed by atoms with Gasteiger partial charge in [-0.2, -0.15) is 0 Å². The van der Waals surface area contributed by atoms with Gasteiger partial charge in [0.1, 0.15) is 11.6 Å². The van der Waals surface area contributed by atoms with Crippen LogP contribution in [-0.4, -0.2) is 11.7 Å². The minimum Gasteiger partial charge on any atom is -0.386 e. The lowest BCUT2D eigenvalue weighted by atomic mass is 10.1. The Morgan fingerprint density at radius 1 is 1.16 bits per heavy atom. The molecule has 1 atom stereocenters. The van der Waals surface area contributed by atoms with Crippen LogP contribution in [-0.2, 0) is 0 Å². The highest BCUT2D eigenvalue weighted by Gasteiger charge is 2.12. The zero-order valence-electron chi connectivity index (χ0n) is 9.91. The van der Waals surface area contributed by atoms with Crippen LogP contribution in [0.2, 0.25) is 5.02 Å². The third-order valence-electron chi connectivity index (χ3n) is 2.68. The number of rotatable bonds is 4. The molecule has 0 spiro atoms. The average molecular weight is 284 g/mol. The van der Waals surface area contributed by atoms with E-state index in [-0.39, 0.29) is 17.1 Å². The molecule has 0 aromatic heterocycles. The van der Waals surface area contributed by atoms with Crippen LogP contribution in [0.5, 0.6) is 0 Å². The highest BCUT2D eigenvalue weighted by atomic mass is 35.5. The fourth-order valence-electron chi connectivity index (χ4n) is 1.69. The Bertz CT molecular complexity index is 577. The maximum atomic E-state index is 13.4. The second-order valence-corrected chi connectivity index (χ2v) is 4.45. The average Bonchev–Trinajstić information content (AvgIpc) is 2.38. The molecule has 0 aliphatic heterocycles. The van der Waals surface area contributed by atoms with E-state index >= 15 is 0 Å². The van der Waals surface area contributed by atoms with Crippen molar-refractivity contribution in [1.82, 2.24) is 0 Å². The molecule has 0 aliphatic rings. The van der Waals surface area contributed by atoms with Crippen LogP contribution in [0.1, 0.15) is 11.7 Å². The lowest BCUT2D eigenvalue weighted by Gasteiger charge is -2.14. The molecule has 100 valence electrons. The predicted molar refractivity (Wildman–Crippen MR) is 71.3 cm³/mol. The zero-order chi connectivity index (χ0) is 13.8. The van der Waals surface area contributed by atoms with Gasteiger partial charge in [0, 0.05) is 12.1 Å². The smallest absolute Gasteiger partial charge is 0.129 e. The Balaban J connectivity index is 2.04. The molecule has 2 N–H and O–H groups in total. The van der Waals surface area contributed by atoms with Gasteiger partial charge < -0.3 is 10.4 Å². The van der Waals surface area contributed by atoms with Crippen LogP contribution in [0.3, 0.4) is 0 Å². The number of benzene rings is 2. The van der Waals surface area contributed by atoms with Crippen LogP contribution >= 0.6 is 11.6 Å². The molecule has 0 saturated heterocycles. The normalized spacial score (nSPS) is 12.2. The summed E-state index contributed by atoms with van der Waals surface area (Å²) in [5.74, 6) is -0.910. The van der Waals surface area contributed by atoms with Crippen LogP contribution in [0.15, 0.2) is 42.5 Å². The van der Waals surface area contributed by atoms with Gasteiger partial charge >= 0.3 is 0 Å². The molecule has 0 fully saturated rings. The van der Waals surface area contributed by atoms with E-state index in [4.69, 9.17) is 11.6 Å². The maximum absolute atomic E-state index is 13.4. The van der Waals surface area contributed by atoms with Gasteiger partial charge in [-0.15, -0.1) is 0 Å². The first-order valence-electron chi connectivity index (χ1n) is 5.69. The zero-order valence-corrected chi connectivity index (χ0v) is 10.7. The van der Waals surface area contributed by atoms with Gasteiger partial charge in [0.15, 0.2) is 0 Å². The molecule has 1 unspecified atom stereocenters. The van der Waals surface area contributed by atoms with Crippen molar-refractivity contribution in [2.45, 2.75) is 6.10 Å². The molecule has 0 aliphatic carbocycles. The van der Waals surface area contributed by atoms with Gasteiger partial charge in [-0.3, -0.25) is 0 Å². The number of anilines is 1. The molecule has 2 aromatic rings. The minimum atomic E-state index is -1.01. The number of halogens is 3. The summed E-state index contributed by atoms with van der Waals surface area (Å²) in [6.45, 7) is 0.0757. The standard InChI is InChI=1S/C14H12ClF2NO/c15-11-7-9(16)5-6-13(11)18-8-14(19)10-3-1-2-4-12(10)17/h1-7,14,18-19H,8H2. The van der Waals surface area contributed by atoms with Crippen molar-refractivity contribution in [2.75, 3.05) is 11.9 Å². The first-order valence-corrected chi connectivity index (χ1v) is 6.07.